The van der Waals surface area contributed by atoms with Gasteiger partial charge in [0.1, 0.15) is 10.7 Å². The predicted octanol–water partition coefficient (Wildman–Crippen LogP) is 3.25. The van der Waals surface area contributed by atoms with E-state index in [1.165, 1.54) is 11.3 Å². The summed E-state index contributed by atoms with van der Waals surface area (Å²) in [7, 11) is 0. The fraction of sp³-hybridized carbons (Fsp3) is 0.389. The van der Waals surface area contributed by atoms with Crippen molar-refractivity contribution >= 4 is 34.2 Å². The molecule has 0 saturated carbocycles. The predicted molar refractivity (Wildman–Crippen MR) is 98.5 cm³/mol. The Morgan fingerprint density at radius 3 is 2.62 bits per heavy atom. The Labute approximate surface area is 155 Å². The van der Waals surface area contributed by atoms with Gasteiger partial charge in [-0.3, -0.25) is 4.79 Å². The maximum absolute atomic E-state index is 12.3. The van der Waals surface area contributed by atoms with Crippen LogP contribution in [0.3, 0.4) is 0 Å². The van der Waals surface area contributed by atoms with Crippen LogP contribution in [0, 0.1) is 5.92 Å². The van der Waals surface area contributed by atoms with Crippen LogP contribution in [0.2, 0.25) is 0 Å². The molecule has 2 heterocycles. The van der Waals surface area contributed by atoms with E-state index >= 15 is 0 Å². The van der Waals surface area contributed by atoms with E-state index in [1.54, 1.807) is 25.3 Å². The Balaban J connectivity index is 2.05. The molecule has 8 heteroatoms. The van der Waals surface area contributed by atoms with Crippen LogP contribution in [0.1, 0.15) is 47.2 Å². The second-order valence-corrected chi connectivity index (χ2v) is 6.87. The molecule has 0 saturated heterocycles. The molecule has 0 atom stereocenters. The lowest BCUT2D eigenvalue weighted by molar-refractivity contribution is -0.119. The second-order valence-electron chi connectivity index (χ2n) is 5.99. The molecular formula is C18H22N2O5S. The third-order valence-corrected chi connectivity index (χ3v) is 4.32. The summed E-state index contributed by atoms with van der Waals surface area (Å²) < 4.78 is 10.1. The zero-order chi connectivity index (χ0) is 19.1. The molecule has 0 spiro atoms. The van der Waals surface area contributed by atoms with Crippen LogP contribution in [0.4, 0.5) is 5.00 Å². The number of amides is 1. The number of carbonyl (C=O) groups is 3. The molecule has 0 bridgehead atoms. The Morgan fingerprint density at radius 2 is 2.00 bits per heavy atom. The lowest BCUT2D eigenvalue weighted by Gasteiger charge is -2.10. The van der Waals surface area contributed by atoms with E-state index in [4.69, 9.17) is 9.47 Å². The van der Waals surface area contributed by atoms with Crippen LogP contribution < -0.4 is 5.32 Å². The number of nitrogens with one attached hydrogen (secondary N) is 2. The zero-order valence-corrected chi connectivity index (χ0v) is 15.8. The number of aromatic nitrogens is 1. The normalized spacial score (nSPS) is 10.6. The molecule has 2 aromatic rings. The lowest BCUT2D eigenvalue weighted by atomic mass is 10.0. The molecule has 0 aliphatic heterocycles. The number of carbonyl (C=O) groups excluding carboxylic acids is 3. The standard InChI is InChI=1S/C18H22N2O5S/c1-4-24-18(23)15-12(8-11(2)3)10-26-16(15)20-14(21)9-25-17(22)13-6-5-7-19-13/h5-7,10-11,19H,4,8-9H2,1-3H3,(H,20,21). The summed E-state index contributed by atoms with van der Waals surface area (Å²) in [4.78, 5) is 38.8. The highest BCUT2D eigenvalue weighted by atomic mass is 32.1. The molecule has 2 aromatic heterocycles. The van der Waals surface area contributed by atoms with Gasteiger partial charge in [0.05, 0.1) is 12.2 Å². The number of esters is 2. The van der Waals surface area contributed by atoms with Crippen molar-refractivity contribution in [1.29, 1.82) is 0 Å². The monoisotopic (exact) mass is 378 g/mol. The van der Waals surface area contributed by atoms with Crippen LogP contribution in [0.5, 0.6) is 0 Å². The molecule has 0 aliphatic rings. The molecule has 2 rings (SSSR count). The maximum Gasteiger partial charge on any atom is 0.355 e. The van der Waals surface area contributed by atoms with Crippen molar-refractivity contribution in [3.8, 4) is 0 Å². The molecule has 0 fully saturated rings. The van der Waals surface area contributed by atoms with Crippen molar-refractivity contribution in [2.75, 3.05) is 18.5 Å². The molecular weight excluding hydrogens is 356 g/mol. The molecule has 0 unspecified atom stereocenters. The highest BCUT2D eigenvalue weighted by molar-refractivity contribution is 7.15. The van der Waals surface area contributed by atoms with Gasteiger partial charge in [-0.25, -0.2) is 9.59 Å². The van der Waals surface area contributed by atoms with Gasteiger partial charge in [-0.05, 0) is 42.3 Å². The summed E-state index contributed by atoms with van der Waals surface area (Å²) in [6.07, 6.45) is 2.28. The van der Waals surface area contributed by atoms with Gasteiger partial charge in [-0.1, -0.05) is 13.8 Å². The molecule has 0 aromatic carbocycles. The van der Waals surface area contributed by atoms with Crippen LogP contribution in [-0.2, 0) is 20.7 Å². The van der Waals surface area contributed by atoms with Crippen molar-refractivity contribution in [2.45, 2.75) is 27.2 Å². The van der Waals surface area contributed by atoms with E-state index < -0.39 is 24.5 Å². The van der Waals surface area contributed by atoms with Crippen LogP contribution >= 0.6 is 11.3 Å². The number of rotatable bonds is 8. The van der Waals surface area contributed by atoms with Gasteiger partial charge in [0.2, 0.25) is 0 Å². The van der Waals surface area contributed by atoms with Gasteiger partial charge in [-0.15, -0.1) is 11.3 Å². The quantitative estimate of drug-likeness (QED) is 0.687. The Hall–Kier alpha value is -2.61. The SMILES string of the molecule is CCOC(=O)c1c(CC(C)C)csc1NC(=O)COC(=O)c1ccc[nH]1. The molecule has 0 aliphatic carbocycles. The summed E-state index contributed by atoms with van der Waals surface area (Å²) in [5.74, 6) is -1.26. The molecule has 26 heavy (non-hydrogen) atoms. The van der Waals surface area contributed by atoms with E-state index in [0.717, 1.165) is 5.56 Å². The topological polar surface area (TPSA) is 97.5 Å². The second kappa shape index (κ2) is 9.19. The van der Waals surface area contributed by atoms with Gasteiger partial charge >= 0.3 is 11.9 Å². The van der Waals surface area contributed by atoms with Crippen LogP contribution in [-0.4, -0.2) is 36.0 Å². The van der Waals surface area contributed by atoms with Crippen molar-refractivity contribution in [3.05, 3.63) is 40.5 Å². The van der Waals surface area contributed by atoms with Crippen molar-refractivity contribution in [2.24, 2.45) is 5.92 Å². The summed E-state index contributed by atoms with van der Waals surface area (Å²) in [5.41, 5.74) is 1.47. The highest BCUT2D eigenvalue weighted by Crippen LogP contribution is 2.30. The van der Waals surface area contributed by atoms with E-state index in [0.29, 0.717) is 22.9 Å². The number of hydrogen-bond donors (Lipinski definition) is 2. The largest absolute Gasteiger partial charge is 0.462 e. The fourth-order valence-electron chi connectivity index (χ4n) is 2.33. The van der Waals surface area contributed by atoms with Crippen LogP contribution in [0.25, 0.3) is 0 Å². The fourth-order valence-corrected chi connectivity index (χ4v) is 3.31. The Kier molecular flexibility index (Phi) is 6.97. The molecule has 0 radical (unpaired) electrons. The number of aromatic amines is 1. The number of ether oxygens (including phenoxy) is 2. The summed E-state index contributed by atoms with van der Waals surface area (Å²) in [5, 5.41) is 4.88. The number of hydrogen-bond acceptors (Lipinski definition) is 6. The smallest absolute Gasteiger partial charge is 0.355 e. The summed E-state index contributed by atoms with van der Waals surface area (Å²) >= 11 is 1.25. The molecule has 2 N–H and O–H groups in total. The van der Waals surface area contributed by atoms with Gasteiger partial charge in [0.25, 0.3) is 5.91 Å². The van der Waals surface area contributed by atoms with E-state index in [2.05, 4.69) is 10.3 Å². The minimum atomic E-state index is -0.623. The third-order valence-electron chi connectivity index (χ3n) is 3.38. The maximum atomic E-state index is 12.3. The van der Waals surface area contributed by atoms with E-state index in [1.807, 2.05) is 19.2 Å². The van der Waals surface area contributed by atoms with E-state index in [9.17, 15) is 14.4 Å². The highest BCUT2D eigenvalue weighted by Gasteiger charge is 2.22. The average Bonchev–Trinajstić information content (AvgIpc) is 3.23. The third kappa shape index (κ3) is 5.19. The zero-order valence-electron chi connectivity index (χ0n) is 15.0. The first-order chi connectivity index (χ1) is 12.4. The molecule has 140 valence electrons. The summed E-state index contributed by atoms with van der Waals surface area (Å²) in [6, 6.07) is 3.21. The first-order valence-electron chi connectivity index (χ1n) is 8.30. The Bertz CT molecular complexity index is 765. The Morgan fingerprint density at radius 1 is 1.23 bits per heavy atom. The number of thiophene rings is 1. The number of H-pyrrole nitrogens is 1. The van der Waals surface area contributed by atoms with Gasteiger partial charge in [0, 0.05) is 6.20 Å². The van der Waals surface area contributed by atoms with Crippen molar-refractivity contribution < 1.29 is 23.9 Å². The van der Waals surface area contributed by atoms with Crippen molar-refractivity contribution in [1.82, 2.24) is 4.98 Å². The molecule has 1 amide bonds. The van der Waals surface area contributed by atoms with Gasteiger partial charge in [-0.2, -0.15) is 0 Å². The summed E-state index contributed by atoms with van der Waals surface area (Å²) in [6.45, 7) is 5.62. The first kappa shape index (κ1) is 19.7. The van der Waals surface area contributed by atoms with Crippen LogP contribution in [0.15, 0.2) is 23.7 Å². The minimum absolute atomic E-state index is 0.247. The molecule has 7 nitrogen and oxygen atoms in total. The van der Waals surface area contributed by atoms with Gasteiger partial charge < -0.3 is 19.8 Å². The number of anilines is 1. The van der Waals surface area contributed by atoms with Crippen molar-refractivity contribution in [3.63, 3.8) is 0 Å². The lowest BCUT2D eigenvalue weighted by Crippen LogP contribution is -2.22. The first-order valence-corrected chi connectivity index (χ1v) is 9.18. The van der Waals surface area contributed by atoms with E-state index in [-0.39, 0.29) is 12.3 Å². The average molecular weight is 378 g/mol. The van der Waals surface area contributed by atoms with Gasteiger partial charge in [0.15, 0.2) is 6.61 Å². The minimum Gasteiger partial charge on any atom is -0.462 e.